The quantitative estimate of drug-likeness (QED) is 0.652. The molecule has 0 bridgehead atoms. The number of rotatable bonds is 3. The number of aromatic nitrogens is 1. The summed E-state index contributed by atoms with van der Waals surface area (Å²) in [5.41, 5.74) is 4.99. The molecule has 1 heterocycles. The number of aliphatic hydroxyl groups excluding tert-OH is 1. The van der Waals surface area contributed by atoms with Crippen LogP contribution in [0.5, 0.6) is 0 Å². The monoisotopic (exact) mass is 340 g/mol. The normalized spacial score (nSPS) is 14.8. The number of nitrogens with two attached hydrogens (primary N) is 1. The number of carbonyl (C=O) groups excluding carboxylic acids is 1. The van der Waals surface area contributed by atoms with Crippen molar-refractivity contribution in [3.63, 3.8) is 0 Å². The van der Waals surface area contributed by atoms with Gasteiger partial charge in [0, 0.05) is 5.56 Å². The van der Waals surface area contributed by atoms with Gasteiger partial charge in [0.2, 0.25) is 0 Å². The summed E-state index contributed by atoms with van der Waals surface area (Å²) >= 11 is 17.5. The second-order valence-electron chi connectivity index (χ2n) is 5.14. The third kappa shape index (κ3) is 4.46. The molecule has 0 fully saturated rings. The molecule has 0 aliphatic carbocycles. The van der Waals surface area contributed by atoms with Gasteiger partial charge in [-0.25, -0.2) is 4.98 Å². The Morgan fingerprint density at radius 3 is 2.40 bits per heavy atom. The summed E-state index contributed by atoms with van der Waals surface area (Å²) in [6.07, 6.45) is -1.45. The van der Waals surface area contributed by atoms with Crippen molar-refractivity contribution in [1.82, 2.24) is 4.98 Å². The van der Waals surface area contributed by atoms with Crippen LogP contribution in [0.25, 0.3) is 0 Å². The molecule has 0 radical (unpaired) electrons. The van der Waals surface area contributed by atoms with E-state index in [0.29, 0.717) is 0 Å². The summed E-state index contributed by atoms with van der Waals surface area (Å²) in [5, 5.41) is 10.2. The zero-order chi connectivity index (χ0) is 15.7. The molecule has 112 valence electrons. The van der Waals surface area contributed by atoms with Crippen molar-refractivity contribution in [2.45, 2.75) is 38.5 Å². The number of pyridine rings is 1. The largest absolute Gasteiger partial charge is 0.459 e. The fourth-order valence-electron chi connectivity index (χ4n) is 1.41. The summed E-state index contributed by atoms with van der Waals surface area (Å²) in [7, 11) is 0. The highest BCUT2D eigenvalue weighted by Gasteiger charge is 2.32. The molecule has 0 unspecified atom stereocenters. The van der Waals surface area contributed by atoms with Crippen LogP contribution in [0.1, 0.15) is 32.4 Å². The Bertz CT molecular complexity index is 494. The van der Waals surface area contributed by atoms with Crippen LogP contribution in [0.2, 0.25) is 15.3 Å². The van der Waals surface area contributed by atoms with E-state index in [4.69, 9.17) is 45.3 Å². The van der Waals surface area contributed by atoms with Gasteiger partial charge in [-0.05, 0) is 26.8 Å². The predicted molar refractivity (Wildman–Crippen MR) is 78.0 cm³/mol. The zero-order valence-corrected chi connectivity index (χ0v) is 13.4. The summed E-state index contributed by atoms with van der Waals surface area (Å²) in [6.45, 7) is 5.06. The van der Waals surface area contributed by atoms with Crippen LogP contribution >= 0.6 is 34.8 Å². The third-order valence-corrected chi connectivity index (χ3v) is 3.04. The molecule has 5 nitrogen and oxygen atoms in total. The van der Waals surface area contributed by atoms with E-state index >= 15 is 0 Å². The molecular weight excluding hydrogens is 327 g/mol. The SMILES string of the molecule is CC(C)(C)OC(=O)[C@@H](N)[C@@H](O)c1c(Cl)cc(Cl)nc1Cl. The van der Waals surface area contributed by atoms with Crippen molar-refractivity contribution in [3.8, 4) is 0 Å². The minimum atomic E-state index is -1.45. The number of hydrogen-bond donors (Lipinski definition) is 2. The Hall–Kier alpha value is -0.590. The summed E-state index contributed by atoms with van der Waals surface area (Å²) in [4.78, 5) is 15.6. The first kappa shape index (κ1) is 17.5. The molecular formula is C12H15Cl3N2O3. The highest BCUT2D eigenvalue weighted by Crippen LogP contribution is 2.32. The van der Waals surface area contributed by atoms with Crippen molar-refractivity contribution in [2.75, 3.05) is 0 Å². The third-order valence-electron chi connectivity index (χ3n) is 2.25. The number of aliphatic hydroxyl groups is 1. The fourth-order valence-corrected chi connectivity index (χ4v) is 2.36. The van der Waals surface area contributed by atoms with Gasteiger partial charge < -0.3 is 15.6 Å². The topological polar surface area (TPSA) is 85.4 Å². The standard InChI is InChI=1S/C12H15Cl3N2O3/c1-12(2,3)20-11(19)8(16)9(18)7-5(13)4-6(14)17-10(7)15/h4,8-9,18H,16H2,1-3H3/t8-,9-/m0/s1. The Balaban J connectivity index is 3.01. The van der Waals surface area contributed by atoms with E-state index in [0.717, 1.165) is 0 Å². The molecule has 2 atom stereocenters. The Morgan fingerprint density at radius 1 is 1.40 bits per heavy atom. The van der Waals surface area contributed by atoms with E-state index in [1.807, 2.05) is 0 Å². The van der Waals surface area contributed by atoms with Crippen LogP contribution in [0.15, 0.2) is 6.07 Å². The highest BCUT2D eigenvalue weighted by atomic mass is 35.5. The van der Waals surface area contributed by atoms with E-state index in [-0.39, 0.29) is 20.9 Å². The van der Waals surface area contributed by atoms with Crippen LogP contribution in [0, 0.1) is 0 Å². The van der Waals surface area contributed by atoms with Crippen molar-refractivity contribution >= 4 is 40.8 Å². The highest BCUT2D eigenvalue weighted by molar-refractivity contribution is 6.37. The Labute approximate surface area is 132 Å². The van der Waals surface area contributed by atoms with Crippen LogP contribution < -0.4 is 5.73 Å². The molecule has 0 amide bonds. The fraction of sp³-hybridized carbons (Fsp3) is 0.500. The first-order valence-electron chi connectivity index (χ1n) is 5.71. The smallest absolute Gasteiger partial charge is 0.326 e. The molecule has 0 aromatic carbocycles. The lowest BCUT2D eigenvalue weighted by atomic mass is 10.0. The van der Waals surface area contributed by atoms with E-state index in [1.54, 1.807) is 20.8 Å². The number of ether oxygens (including phenoxy) is 1. The van der Waals surface area contributed by atoms with Crippen molar-refractivity contribution in [2.24, 2.45) is 5.73 Å². The minimum absolute atomic E-state index is 0.0380. The maximum atomic E-state index is 11.8. The Morgan fingerprint density at radius 2 is 1.95 bits per heavy atom. The number of hydrogen-bond acceptors (Lipinski definition) is 5. The molecule has 0 saturated heterocycles. The molecule has 0 spiro atoms. The van der Waals surface area contributed by atoms with Crippen LogP contribution in [-0.2, 0) is 9.53 Å². The second-order valence-corrected chi connectivity index (χ2v) is 6.29. The summed E-state index contributed by atoms with van der Waals surface area (Å²) in [5.74, 6) is -0.771. The van der Waals surface area contributed by atoms with Gasteiger partial charge in [0.05, 0.1) is 5.02 Å². The maximum Gasteiger partial charge on any atom is 0.326 e. The van der Waals surface area contributed by atoms with Gasteiger partial charge in [-0.1, -0.05) is 34.8 Å². The van der Waals surface area contributed by atoms with E-state index in [9.17, 15) is 9.90 Å². The molecule has 0 aliphatic rings. The summed E-state index contributed by atoms with van der Waals surface area (Å²) in [6, 6.07) is -0.0396. The molecule has 0 saturated carbocycles. The molecule has 8 heteroatoms. The first-order valence-corrected chi connectivity index (χ1v) is 6.84. The predicted octanol–water partition coefficient (Wildman–Crippen LogP) is 2.74. The van der Waals surface area contributed by atoms with Crippen LogP contribution in [0.4, 0.5) is 0 Å². The van der Waals surface area contributed by atoms with E-state index < -0.39 is 23.7 Å². The van der Waals surface area contributed by atoms with Crippen molar-refractivity contribution < 1.29 is 14.6 Å². The first-order chi connectivity index (χ1) is 9.03. The number of carbonyl (C=O) groups is 1. The maximum absolute atomic E-state index is 11.8. The van der Waals surface area contributed by atoms with Gasteiger partial charge in [0.25, 0.3) is 0 Å². The van der Waals surface area contributed by atoms with Gasteiger partial charge in [-0.3, -0.25) is 4.79 Å². The van der Waals surface area contributed by atoms with Crippen LogP contribution in [-0.4, -0.2) is 27.7 Å². The lowest BCUT2D eigenvalue weighted by Crippen LogP contribution is -2.41. The zero-order valence-electron chi connectivity index (χ0n) is 11.2. The number of nitrogens with zero attached hydrogens (tertiary/aromatic N) is 1. The average molecular weight is 342 g/mol. The molecule has 1 rings (SSSR count). The van der Waals surface area contributed by atoms with Gasteiger partial charge in [-0.2, -0.15) is 0 Å². The summed E-state index contributed by atoms with van der Waals surface area (Å²) < 4.78 is 5.09. The lowest BCUT2D eigenvalue weighted by molar-refractivity contribution is -0.159. The second kappa shape index (κ2) is 6.45. The van der Waals surface area contributed by atoms with Gasteiger partial charge in [-0.15, -0.1) is 0 Å². The average Bonchev–Trinajstić information content (AvgIpc) is 2.23. The van der Waals surface area contributed by atoms with Gasteiger partial charge in [0.15, 0.2) is 0 Å². The van der Waals surface area contributed by atoms with E-state index in [1.165, 1.54) is 6.07 Å². The Kier molecular flexibility index (Phi) is 5.63. The van der Waals surface area contributed by atoms with Gasteiger partial charge >= 0.3 is 5.97 Å². The molecule has 0 aliphatic heterocycles. The van der Waals surface area contributed by atoms with Crippen molar-refractivity contribution in [1.29, 1.82) is 0 Å². The van der Waals surface area contributed by atoms with Gasteiger partial charge in [0.1, 0.15) is 28.1 Å². The number of esters is 1. The molecule has 3 N–H and O–H groups in total. The number of halogens is 3. The molecule has 20 heavy (non-hydrogen) atoms. The molecule has 1 aromatic rings. The molecule has 1 aromatic heterocycles. The van der Waals surface area contributed by atoms with Crippen molar-refractivity contribution in [3.05, 3.63) is 27.0 Å². The van der Waals surface area contributed by atoms with Crippen LogP contribution in [0.3, 0.4) is 0 Å². The lowest BCUT2D eigenvalue weighted by Gasteiger charge is -2.25. The van der Waals surface area contributed by atoms with E-state index in [2.05, 4.69) is 4.98 Å². The minimum Gasteiger partial charge on any atom is -0.459 e.